The summed E-state index contributed by atoms with van der Waals surface area (Å²) < 4.78 is 5.34. The maximum atomic E-state index is 11.8. The molecule has 0 bridgehead atoms. The number of hydrogen-bond donors (Lipinski definition) is 3. The summed E-state index contributed by atoms with van der Waals surface area (Å²) in [4.78, 5) is 23.5. The van der Waals surface area contributed by atoms with Crippen LogP contribution in [0, 0.1) is 6.92 Å². The monoisotopic (exact) mass is 357 g/mol. The van der Waals surface area contributed by atoms with Crippen LogP contribution in [-0.2, 0) is 16.0 Å². The van der Waals surface area contributed by atoms with Crippen LogP contribution in [0.15, 0.2) is 54.6 Å². The Morgan fingerprint density at radius 3 is 2.32 bits per heavy atom. The minimum absolute atomic E-state index is 0.00100. The van der Waals surface area contributed by atoms with Gasteiger partial charge in [0.2, 0.25) is 5.91 Å². The van der Waals surface area contributed by atoms with Gasteiger partial charge in [0, 0.05) is 0 Å². The topological polar surface area (TPSA) is 79.5 Å². The van der Waals surface area contributed by atoms with Gasteiger partial charge in [0.1, 0.15) is 5.75 Å². The first-order chi connectivity index (χ1) is 12.0. The van der Waals surface area contributed by atoms with Crippen molar-refractivity contribution in [2.24, 2.45) is 0 Å². The average molecular weight is 357 g/mol. The lowest BCUT2D eigenvalue weighted by Gasteiger charge is -2.11. The van der Waals surface area contributed by atoms with Crippen molar-refractivity contribution in [2.75, 3.05) is 6.61 Å². The number of amides is 2. The molecular weight excluding hydrogens is 338 g/mol. The fourth-order valence-electron chi connectivity index (χ4n) is 1.93. The number of carbonyl (C=O) groups is 2. The summed E-state index contributed by atoms with van der Waals surface area (Å²) in [5, 5.41) is 2.42. The lowest BCUT2D eigenvalue weighted by Crippen LogP contribution is -2.49. The smallest absolute Gasteiger partial charge is 0.264 e. The van der Waals surface area contributed by atoms with Crippen LogP contribution >= 0.6 is 12.2 Å². The van der Waals surface area contributed by atoms with E-state index >= 15 is 0 Å². The summed E-state index contributed by atoms with van der Waals surface area (Å²) in [6.45, 7) is 1.79. The molecule has 0 atom stereocenters. The van der Waals surface area contributed by atoms with Gasteiger partial charge in [-0.1, -0.05) is 48.0 Å². The van der Waals surface area contributed by atoms with Crippen LogP contribution in [0.4, 0.5) is 0 Å². The Kier molecular flexibility index (Phi) is 6.91. The van der Waals surface area contributed by atoms with Crippen molar-refractivity contribution in [2.45, 2.75) is 13.3 Å². The quantitative estimate of drug-likeness (QED) is 0.560. The van der Waals surface area contributed by atoms with Crippen molar-refractivity contribution < 1.29 is 14.3 Å². The third-order valence-electron chi connectivity index (χ3n) is 3.17. The van der Waals surface area contributed by atoms with Gasteiger partial charge in [-0.15, -0.1) is 0 Å². The van der Waals surface area contributed by atoms with Crippen molar-refractivity contribution >= 4 is 29.1 Å². The predicted molar refractivity (Wildman–Crippen MR) is 98.8 cm³/mol. The Morgan fingerprint density at radius 1 is 0.960 bits per heavy atom. The summed E-state index contributed by atoms with van der Waals surface area (Å²) in [7, 11) is 0. The molecule has 0 spiro atoms. The van der Waals surface area contributed by atoms with Crippen molar-refractivity contribution in [1.82, 2.24) is 16.2 Å². The molecule has 2 aromatic rings. The second kappa shape index (κ2) is 9.39. The van der Waals surface area contributed by atoms with E-state index in [1.165, 1.54) is 0 Å². The normalized spacial score (nSPS) is 9.80. The number of nitrogens with one attached hydrogen (secondary N) is 3. The van der Waals surface area contributed by atoms with Crippen LogP contribution < -0.4 is 20.9 Å². The third kappa shape index (κ3) is 7.01. The average Bonchev–Trinajstić information content (AvgIpc) is 2.60. The second-order valence-corrected chi connectivity index (χ2v) is 5.72. The van der Waals surface area contributed by atoms with Gasteiger partial charge in [-0.3, -0.25) is 25.8 Å². The highest BCUT2D eigenvalue weighted by atomic mass is 32.1. The van der Waals surface area contributed by atoms with Crippen LogP contribution in [-0.4, -0.2) is 23.5 Å². The zero-order chi connectivity index (χ0) is 18.1. The first-order valence-electron chi connectivity index (χ1n) is 7.65. The first kappa shape index (κ1) is 18.4. The summed E-state index contributed by atoms with van der Waals surface area (Å²) in [5.41, 5.74) is 6.90. The number of rotatable bonds is 5. The van der Waals surface area contributed by atoms with Gasteiger partial charge >= 0.3 is 0 Å². The number of ether oxygens (including phenoxy) is 1. The molecule has 2 amide bonds. The number of benzene rings is 2. The van der Waals surface area contributed by atoms with Gasteiger partial charge in [-0.2, -0.15) is 0 Å². The van der Waals surface area contributed by atoms with Crippen molar-refractivity contribution in [3.05, 3.63) is 65.7 Å². The van der Waals surface area contributed by atoms with Crippen LogP contribution in [0.1, 0.15) is 11.1 Å². The molecule has 0 saturated carbocycles. The predicted octanol–water partition coefficient (Wildman–Crippen LogP) is 1.64. The van der Waals surface area contributed by atoms with E-state index in [1.54, 1.807) is 12.1 Å². The third-order valence-corrected chi connectivity index (χ3v) is 3.37. The SMILES string of the molecule is Cc1ccc(OCC(=O)NC(=S)NNC(=O)Cc2ccccc2)cc1. The van der Waals surface area contributed by atoms with Gasteiger partial charge in [0.15, 0.2) is 11.7 Å². The lowest BCUT2D eigenvalue weighted by atomic mass is 10.1. The van der Waals surface area contributed by atoms with Gasteiger partial charge in [0.05, 0.1) is 6.42 Å². The van der Waals surface area contributed by atoms with Crippen LogP contribution in [0.3, 0.4) is 0 Å². The number of hydrogen-bond acceptors (Lipinski definition) is 4. The maximum Gasteiger partial charge on any atom is 0.264 e. The molecule has 0 saturated heterocycles. The molecule has 0 aromatic heterocycles. The minimum atomic E-state index is -0.421. The fraction of sp³-hybridized carbons (Fsp3) is 0.167. The Labute approximate surface area is 151 Å². The molecule has 7 heteroatoms. The molecular formula is C18H19N3O3S. The van der Waals surface area contributed by atoms with Crippen LogP contribution in [0.5, 0.6) is 5.75 Å². The summed E-state index contributed by atoms with van der Waals surface area (Å²) in [5.74, 6) is -0.0927. The van der Waals surface area contributed by atoms with E-state index in [0.717, 1.165) is 11.1 Å². The van der Waals surface area contributed by atoms with E-state index in [2.05, 4.69) is 16.2 Å². The van der Waals surface area contributed by atoms with Crippen LogP contribution in [0.25, 0.3) is 0 Å². The number of hydrazine groups is 1. The molecule has 0 radical (unpaired) electrons. The lowest BCUT2D eigenvalue weighted by molar-refractivity contribution is -0.122. The van der Waals surface area contributed by atoms with Crippen molar-refractivity contribution in [3.8, 4) is 5.75 Å². The Morgan fingerprint density at radius 2 is 1.64 bits per heavy atom. The molecule has 3 N–H and O–H groups in total. The van der Waals surface area contributed by atoms with E-state index in [4.69, 9.17) is 17.0 Å². The Bertz CT molecular complexity index is 733. The molecule has 0 aliphatic rings. The zero-order valence-electron chi connectivity index (χ0n) is 13.7. The van der Waals surface area contributed by atoms with Gasteiger partial charge in [-0.05, 0) is 36.8 Å². The molecule has 130 valence electrons. The highest BCUT2D eigenvalue weighted by Gasteiger charge is 2.07. The molecule has 6 nitrogen and oxygen atoms in total. The molecule has 0 heterocycles. The number of carbonyl (C=O) groups excluding carboxylic acids is 2. The molecule has 0 fully saturated rings. The van der Waals surface area contributed by atoms with Crippen molar-refractivity contribution in [3.63, 3.8) is 0 Å². The minimum Gasteiger partial charge on any atom is -0.484 e. The summed E-state index contributed by atoms with van der Waals surface area (Å²) in [6.07, 6.45) is 0.209. The molecule has 2 rings (SSSR count). The van der Waals surface area contributed by atoms with Gasteiger partial charge < -0.3 is 4.74 Å². The number of aryl methyl sites for hydroxylation is 1. The highest BCUT2D eigenvalue weighted by molar-refractivity contribution is 7.80. The number of thiocarbonyl (C=S) groups is 1. The van der Waals surface area contributed by atoms with E-state index < -0.39 is 5.91 Å². The van der Waals surface area contributed by atoms with Gasteiger partial charge in [0.25, 0.3) is 5.91 Å². The van der Waals surface area contributed by atoms with E-state index in [-0.39, 0.29) is 24.0 Å². The van der Waals surface area contributed by atoms with Crippen LogP contribution in [0.2, 0.25) is 0 Å². The van der Waals surface area contributed by atoms with E-state index in [0.29, 0.717) is 5.75 Å². The Hall–Kier alpha value is -2.93. The molecule has 0 aliphatic heterocycles. The first-order valence-corrected chi connectivity index (χ1v) is 8.06. The molecule has 2 aromatic carbocycles. The fourth-order valence-corrected chi connectivity index (χ4v) is 2.09. The van der Waals surface area contributed by atoms with E-state index in [1.807, 2.05) is 49.4 Å². The largest absolute Gasteiger partial charge is 0.484 e. The summed E-state index contributed by atoms with van der Waals surface area (Å²) in [6, 6.07) is 16.6. The van der Waals surface area contributed by atoms with Crippen molar-refractivity contribution in [1.29, 1.82) is 0 Å². The van der Waals surface area contributed by atoms with Gasteiger partial charge in [-0.25, -0.2) is 0 Å². The molecule has 0 unspecified atom stereocenters. The van der Waals surface area contributed by atoms with E-state index in [9.17, 15) is 9.59 Å². The Balaban J connectivity index is 1.66. The molecule has 25 heavy (non-hydrogen) atoms. The molecule has 0 aliphatic carbocycles. The zero-order valence-corrected chi connectivity index (χ0v) is 14.6. The second-order valence-electron chi connectivity index (χ2n) is 5.31. The standard InChI is InChI=1S/C18H19N3O3S/c1-13-7-9-15(10-8-13)24-12-17(23)19-18(25)21-20-16(22)11-14-5-3-2-4-6-14/h2-10H,11-12H2,1H3,(H,20,22)(H2,19,21,23,25). The highest BCUT2D eigenvalue weighted by Crippen LogP contribution is 2.10. The maximum absolute atomic E-state index is 11.8. The summed E-state index contributed by atoms with van der Waals surface area (Å²) >= 11 is 4.95.